The van der Waals surface area contributed by atoms with Crippen LogP contribution in [0.2, 0.25) is 0 Å². The van der Waals surface area contributed by atoms with Crippen LogP contribution in [0.3, 0.4) is 0 Å². The fraction of sp³-hybridized carbons (Fsp3) is 0.182. The number of methoxy groups -OCH3 is 1. The Kier molecular flexibility index (Phi) is 4.40. The quantitative estimate of drug-likeness (QED) is 0.471. The lowest BCUT2D eigenvalue weighted by Gasteiger charge is -1.96. The first-order chi connectivity index (χ1) is 6.76. The molecule has 2 nitrogen and oxygen atoms in total. The van der Waals surface area contributed by atoms with E-state index in [9.17, 15) is 4.79 Å². The summed E-state index contributed by atoms with van der Waals surface area (Å²) in [7, 11) is 1.36. The van der Waals surface area contributed by atoms with Crippen molar-refractivity contribution >= 4 is 28.0 Å². The predicted octanol–water partition coefficient (Wildman–Crippen LogP) is 2.77. The fourth-order valence-electron chi connectivity index (χ4n) is 0.950. The molecule has 0 bridgehead atoms. The van der Waals surface area contributed by atoms with Crippen molar-refractivity contribution in [3.63, 3.8) is 0 Å². The van der Waals surface area contributed by atoms with E-state index in [0.717, 1.165) is 10.9 Å². The Morgan fingerprint density at radius 1 is 1.43 bits per heavy atom. The zero-order valence-corrected chi connectivity index (χ0v) is 9.45. The molecule has 0 aliphatic rings. The maximum Gasteiger partial charge on any atom is 0.330 e. The molecule has 0 saturated heterocycles. The molecule has 0 atom stereocenters. The van der Waals surface area contributed by atoms with E-state index in [2.05, 4.69) is 20.7 Å². The topological polar surface area (TPSA) is 26.3 Å². The van der Waals surface area contributed by atoms with E-state index in [1.165, 1.54) is 18.7 Å². The van der Waals surface area contributed by atoms with Crippen LogP contribution in [0, 0.1) is 0 Å². The van der Waals surface area contributed by atoms with Gasteiger partial charge in [0.2, 0.25) is 0 Å². The van der Waals surface area contributed by atoms with Crippen molar-refractivity contribution in [2.45, 2.75) is 5.33 Å². The number of alkyl halides is 1. The minimum absolute atomic E-state index is 0.338. The lowest BCUT2D eigenvalue weighted by molar-refractivity contribution is -0.134. The Morgan fingerprint density at radius 2 is 2.07 bits per heavy atom. The SMILES string of the molecule is COC(=O)C=Cc1ccc(CBr)cc1. The lowest BCUT2D eigenvalue weighted by Crippen LogP contribution is -1.93. The van der Waals surface area contributed by atoms with Crippen molar-refractivity contribution in [3.05, 3.63) is 41.5 Å². The number of halogens is 1. The molecule has 0 amide bonds. The highest BCUT2D eigenvalue weighted by Crippen LogP contribution is 2.09. The second kappa shape index (κ2) is 5.60. The standard InChI is InChI=1S/C11H11BrO2/c1-14-11(13)7-6-9-2-4-10(8-12)5-3-9/h2-7H,8H2,1H3. The molecule has 1 rings (SSSR count). The van der Waals surface area contributed by atoms with Crippen LogP contribution in [-0.2, 0) is 14.9 Å². The van der Waals surface area contributed by atoms with Crippen molar-refractivity contribution < 1.29 is 9.53 Å². The third kappa shape index (κ3) is 3.34. The van der Waals surface area contributed by atoms with Crippen molar-refractivity contribution in [2.24, 2.45) is 0 Å². The second-order valence-electron chi connectivity index (χ2n) is 2.73. The van der Waals surface area contributed by atoms with E-state index in [4.69, 9.17) is 0 Å². The van der Waals surface area contributed by atoms with Gasteiger partial charge in [0.15, 0.2) is 0 Å². The number of esters is 1. The van der Waals surface area contributed by atoms with Crippen LogP contribution < -0.4 is 0 Å². The summed E-state index contributed by atoms with van der Waals surface area (Å²) in [5.74, 6) is -0.338. The molecule has 1 aromatic rings. The van der Waals surface area contributed by atoms with Crippen LogP contribution in [0.15, 0.2) is 30.3 Å². The maximum atomic E-state index is 10.8. The van der Waals surface area contributed by atoms with E-state index in [0.29, 0.717) is 0 Å². The number of benzene rings is 1. The molecule has 1 aromatic carbocycles. The number of hydrogen-bond acceptors (Lipinski definition) is 2. The molecule has 14 heavy (non-hydrogen) atoms. The van der Waals surface area contributed by atoms with E-state index >= 15 is 0 Å². The van der Waals surface area contributed by atoms with Gasteiger partial charge in [-0.05, 0) is 17.2 Å². The first kappa shape index (κ1) is 11.0. The van der Waals surface area contributed by atoms with Crippen LogP contribution >= 0.6 is 15.9 Å². The number of hydrogen-bond donors (Lipinski definition) is 0. The van der Waals surface area contributed by atoms with Crippen LogP contribution in [-0.4, -0.2) is 13.1 Å². The van der Waals surface area contributed by atoms with Gasteiger partial charge in [0.25, 0.3) is 0 Å². The Hall–Kier alpha value is -1.09. The van der Waals surface area contributed by atoms with Crippen LogP contribution in [0.4, 0.5) is 0 Å². The molecule has 0 spiro atoms. The molecule has 0 saturated carbocycles. The highest BCUT2D eigenvalue weighted by atomic mass is 79.9. The molecular weight excluding hydrogens is 244 g/mol. The molecule has 0 aromatic heterocycles. The summed E-state index contributed by atoms with van der Waals surface area (Å²) in [5, 5.41) is 0.841. The largest absolute Gasteiger partial charge is 0.466 e. The van der Waals surface area contributed by atoms with Gasteiger partial charge in [0.1, 0.15) is 0 Å². The maximum absolute atomic E-state index is 10.8. The van der Waals surface area contributed by atoms with Gasteiger partial charge in [-0.2, -0.15) is 0 Å². The summed E-state index contributed by atoms with van der Waals surface area (Å²) in [6, 6.07) is 7.92. The number of ether oxygens (including phenoxy) is 1. The number of carbonyl (C=O) groups excluding carboxylic acids is 1. The fourth-order valence-corrected chi connectivity index (χ4v) is 1.32. The lowest BCUT2D eigenvalue weighted by atomic mass is 10.1. The van der Waals surface area contributed by atoms with Crippen LogP contribution in [0.25, 0.3) is 6.08 Å². The Bertz CT molecular complexity index is 328. The molecule has 0 N–H and O–H groups in total. The normalized spacial score (nSPS) is 10.4. The van der Waals surface area contributed by atoms with Gasteiger partial charge in [-0.1, -0.05) is 40.2 Å². The zero-order chi connectivity index (χ0) is 10.4. The Morgan fingerprint density at radius 3 is 2.57 bits per heavy atom. The minimum Gasteiger partial charge on any atom is -0.466 e. The van der Waals surface area contributed by atoms with Crippen LogP contribution in [0.1, 0.15) is 11.1 Å². The average molecular weight is 255 g/mol. The molecular formula is C11H11BrO2. The molecule has 3 heteroatoms. The zero-order valence-electron chi connectivity index (χ0n) is 7.87. The minimum atomic E-state index is -0.338. The highest BCUT2D eigenvalue weighted by molar-refractivity contribution is 9.08. The van der Waals surface area contributed by atoms with E-state index < -0.39 is 0 Å². The molecule has 0 heterocycles. The van der Waals surface area contributed by atoms with Gasteiger partial charge in [0.05, 0.1) is 7.11 Å². The van der Waals surface area contributed by atoms with Crippen molar-refractivity contribution in [1.29, 1.82) is 0 Å². The third-order valence-electron chi connectivity index (χ3n) is 1.75. The van der Waals surface area contributed by atoms with E-state index in [1.807, 2.05) is 24.3 Å². The summed E-state index contributed by atoms with van der Waals surface area (Å²) in [6.07, 6.45) is 3.13. The summed E-state index contributed by atoms with van der Waals surface area (Å²) in [4.78, 5) is 10.8. The Labute approximate surface area is 91.7 Å². The van der Waals surface area contributed by atoms with Crippen molar-refractivity contribution in [3.8, 4) is 0 Å². The van der Waals surface area contributed by atoms with Gasteiger partial charge in [0, 0.05) is 11.4 Å². The average Bonchev–Trinajstić information content (AvgIpc) is 2.26. The number of rotatable bonds is 3. The molecule has 0 aliphatic heterocycles. The molecule has 74 valence electrons. The van der Waals surface area contributed by atoms with Gasteiger partial charge in [-0.25, -0.2) is 4.79 Å². The predicted molar refractivity (Wildman–Crippen MR) is 60.1 cm³/mol. The first-order valence-electron chi connectivity index (χ1n) is 4.17. The Balaban J connectivity index is 2.68. The van der Waals surface area contributed by atoms with Gasteiger partial charge in [-0.15, -0.1) is 0 Å². The summed E-state index contributed by atoms with van der Waals surface area (Å²) in [6.45, 7) is 0. The van der Waals surface area contributed by atoms with E-state index in [1.54, 1.807) is 6.08 Å². The van der Waals surface area contributed by atoms with Gasteiger partial charge in [-0.3, -0.25) is 0 Å². The summed E-state index contributed by atoms with van der Waals surface area (Å²) >= 11 is 3.36. The van der Waals surface area contributed by atoms with Gasteiger partial charge < -0.3 is 4.74 Å². The first-order valence-corrected chi connectivity index (χ1v) is 5.29. The monoisotopic (exact) mass is 254 g/mol. The third-order valence-corrected chi connectivity index (χ3v) is 2.39. The molecule has 0 aliphatic carbocycles. The smallest absolute Gasteiger partial charge is 0.330 e. The van der Waals surface area contributed by atoms with E-state index in [-0.39, 0.29) is 5.97 Å². The van der Waals surface area contributed by atoms with Gasteiger partial charge >= 0.3 is 5.97 Å². The summed E-state index contributed by atoms with van der Waals surface area (Å²) in [5.41, 5.74) is 2.19. The second-order valence-corrected chi connectivity index (χ2v) is 3.29. The molecule has 0 radical (unpaired) electrons. The molecule has 0 fully saturated rings. The van der Waals surface area contributed by atoms with Crippen LogP contribution in [0.5, 0.6) is 0 Å². The summed E-state index contributed by atoms with van der Waals surface area (Å²) < 4.78 is 4.48. The highest BCUT2D eigenvalue weighted by Gasteiger charge is 1.92. The number of carbonyl (C=O) groups is 1. The van der Waals surface area contributed by atoms with Crippen molar-refractivity contribution in [2.75, 3.05) is 7.11 Å². The van der Waals surface area contributed by atoms with Crippen molar-refractivity contribution in [1.82, 2.24) is 0 Å². The molecule has 0 unspecified atom stereocenters.